The lowest BCUT2D eigenvalue weighted by atomic mass is 10.2. The fourth-order valence-corrected chi connectivity index (χ4v) is 2.49. The number of hydrogen-bond donors (Lipinski definition) is 2. The Kier molecular flexibility index (Phi) is 7.84. The van der Waals surface area contributed by atoms with E-state index in [1.165, 1.54) is 0 Å². The minimum absolute atomic E-state index is 0.274. The summed E-state index contributed by atoms with van der Waals surface area (Å²) in [6.07, 6.45) is 1.13. The molecule has 0 bridgehead atoms. The van der Waals surface area contributed by atoms with E-state index in [4.69, 9.17) is 4.74 Å². The summed E-state index contributed by atoms with van der Waals surface area (Å²) in [6, 6.07) is 7.82. The molecular weight excluding hydrogens is 316 g/mol. The number of ether oxygens (including phenoxy) is 1. The maximum Gasteiger partial charge on any atom is 0.208 e. The molecular formula is C15H26N4O3S. The summed E-state index contributed by atoms with van der Waals surface area (Å²) in [4.78, 5) is 6.41. The molecule has 1 rings (SSSR count). The van der Waals surface area contributed by atoms with Gasteiger partial charge in [0.05, 0.1) is 19.9 Å². The number of hydrogen-bond acceptors (Lipinski definition) is 4. The average molecular weight is 342 g/mol. The van der Waals surface area contributed by atoms with Crippen LogP contribution in [0.5, 0.6) is 5.75 Å². The highest BCUT2D eigenvalue weighted by Crippen LogP contribution is 2.18. The molecule has 0 heterocycles. The third kappa shape index (κ3) is 7.34. The lowest BCUT2D eigenvalue weighted by Gasteiger charge is -2.23. The van der Waals surface area contributed by atoms with E-state index in [0.29, 0.717) is 19.0 Å². The molecule has 0 aliphatic rings. The number of nitrogens with one attached hydrogen (secondary N) is 2. The van der Waals surface area contributed by atoms with Crippen LogP contribution < -0.4 is 14.8 Å². The first-order valence-corrected chi connectivity index (χ1v) is 9.32. The van der Waals surface area contributed by atoms with Gasteiger partial charge in [0, 0.05) is 32.2 Å². The van der Waals surface area contributed by atoms with E-state index >= 15 is 0 Å². The molecule has 0 unspecified atom stereocenters. The minimum Gasteiger partial charge on any atom is -0.496 e. The number of benzene rings is 1. The molecule has 0 atom stereocenters. The summed E-state index contributed by atoms with van der Waals surface area (Å²) < 4.78 is 29.9. The Bertz CT molecular complexity index is 617. The second kappa shape index (κ2) is 9.36. The largest absolute Gasteiger partial charge is 0.496 e. The van der Waals surface area contributed by atoms with E-state index in [9.17, 15) is 8.42 Å². The van der Waals surface area contributed by atoms with Crippen molar-refractivity contribution in [3.63, 3.8) is 0 Å². The SMILES string of the molecule is CCNC(=NCCNS(C)(=O)=O)N(C)Cc1ccccc1OC. The first-order chi connectivity index (χ1) is 10.9. The van der Waals surface area contributed by atoms with Gasteiger partial charge in [0.1, 0.15) is 5.75 Å². The zero-order valence-corrected chi connectivity index (χ0v) is 15.0. The lowest BCUT2D eigenvalue weighted by molar-refractivity contribution is 0.396. The van der Waals surface area contributed by atoms with E-state index in [0.717, 1.165) is 24.1 Å². The van der Waals surface area contributed by atoms with Gasteiger partial charge in [-0.1, -0.05) is 18.2 Å². The average Bonchev–Trinajstić information content (AvgIpc) is 2.49. The first kappa shape index (κ1) is 19.2. The number of methoxy groups -OCH3 is 1. The molecule has 130 valence electrons. The zero-order chi connectivity index (χ0) is 17.3. The lowest BCUT2D eigenvalue weighted by Crippen LogP contribution is -2.39. The Labute approximate surface area is 138 Å². The van der Waals surface area contributed by atoms with Crippen molar-refractivity contribution in [1.29, 1.82) is 0 Å². The van der Waals surface area contributed by atoms with Crippen molar-refractivity contribution in [2.45, 2.75) is 13.5 Å². The van der Waals surface area contributed by atoms with E-state index in [-0.39, 0.29) is 6.54 Å². The molecule has 23 heavy (non-hydrogen) atoms. The summed E-state index contributed by atoms with van der Waals surface area (Å²) in [7, 11) is 0.394. The maximum absolute atomic E-state index is 11.0. The number of rotatable bonds is 8. The van der Waals surface area contributed by atoms with Crippen LogP contribution in [0.15, 0.2) is 29.3 Å². The predicted octanol–water partition coefficient (Wildman–Crippen LogP) is 0.642. The van der Waals surface area contributed by atoms with Gasteiger partial charge in [-0.25, -0.2) is 13.1 Å². The van der Waals surface area contributed by atoms with Gasteiger partial charge in [0.2, 0.25) is 10.0 Å². The van der Waals surface area contributed by atoms with Crippen molar-refractivity contribution in [1.82, 2.24) is 14.9 Å². The Hall–Kier alpha value is -1.80. The van der Waals surface area contributed by atoms with Crippen LogP contribution in [0.3, 0.4) is 0 Å². The summed E-state index contributed by atoms with van der Waals surface area (Å²) in [5.74, 6) is 1.54. The van der Waals surface area contributed by atoms with Gasteiger partial charge in [0.15, 0.2) is 5.96 Å². The topological polar surface area (TPSA) is 83.0 Å². The normalized spacial score (nSPS) is 12.1. The van der Waals surface area contributed by atoms with Crippen molar-refractivity contribution in [2.75, 3.05) is 40.0 Å². The van der Waals surface area contributed by atoms with E-state index < -0.39 is 10.0 Å². The Balaban J connectivity index is 2.71. The van der Waals surface area contributed by atoms with E-state index in [1.807, 2.05) is 43.1 Å². The second-order valence-corrected chi connectivity index (χ2v) is 6.90. The van der Waals surface area contributed by atoms with Gasteiger partial charge in [0.25, 0.3) is 0 Å². The number of para-hydroxylation sites is 1. The van der Waals surface area contributed by atoms with Gasteiger partial charge in [-0.05, 0) is 13.0 Å². The molecule has 0 saturated heterocycles. The van der Waals surface area contributed by atoms with E-state index in [1.54, 1.807) is 7.11 Å². The Morgan fingerprint density at radius 1 is 1.35 bits per heavy atom. The van der Waals surface area contributed by atoms with Crippen molar-refractivity contribution in [2.24, 2.45) is 4.99 Å². The zero-order valence-electron chi connectivity index (χ0n) is 14.2. The third-order valence-electron chi connectivity index (χ3n) is 3.03. The van der Waals surface area contributed by atoms with Crippen LogP contribution in [0.1, 0.15) is 12.5 Å². The third-order valence-corrected chi connectivity index (χ3v) is 3.76. The van der Waals surface area contributed by atoms with Crippen molar-refractivity contribution in [3.05, 3.63) is 29.8 Å². The van der Waals surface area contributed by atoms with Crippen LogP contribution in [-0.4, -0.2) is 59.3 Å². The van der Waals surface area contributed by atoms with Gasteiger partial charge in [-0.15, -0.1) is 0 Å². The number of guanidine groups is 1. The molecule has 7 nitrogen and oxygen atoms in total. The number of aliphatic imine (C=N–C) groups is 1. The molecule has 0 spiro atoms. The fraction of sp³-hybridized carbons (Fsp3) is 0.533. The van der Waals surface area contributed by atoms with Gasteiger partial charge < -0.3 is 15.0 Å². The van der Waals surface area contributed by atoms with Crippen LogP contribution in [-0.2, 0) is 16.6 Å². The summed E-state index contributed by atoms with van der Waals surface area (Å²) in [5.41, 5.74) is 1.05. The Morgan fingerprint density at radius 2 is 2.04 bits per heavy atom. The molecule has 8 heteroatoms. The minimum atomic E-state index is -3.18. The molecule has 1 aromatic carbocycles. The van der Waals surface area contributed by atoms with Crippen LogP contribution in [0, 0.1) is 0 Å². The smallest absolute Gasteiger partial charge is 0.208 e. The quantitative estimate of drug-likeness (QED) is 0.412. The number of sulfonamides is 1. The van der Waals surface area contributed by atoms with Crippen molar-refractivity contribution >= 4 is 16.0 Å². The standard InChI is InChI=1S/C15H26N4O3S/c1-5-16-15(17-10-11-18-23(4,20)21)19(2)12-13-8-6-7-9-14(13)22-3/h6-9,18H,5,10-12H2,1-4H3,(H,16,17). The van der Waals surface area contributed by atoms with E-state index in [2.05, 4.69) is 15.0 Å². The van der Waals surface area contributed by atoms with Gasteiger partial charge >= 0.3 is 0 Å². The summed E-state index contributed by atoms with van der Waals surface area (Å²) >= 11 is 0. The predicted molar refractivity (Wildman–Crippen MR) is 93.3 cm³/mol. The van der Waals surface area contributed by atoms with Gasteiger partial charge in [-0.2, -0.15) is 0 Å². The maximum atomic E-state index is 11.0. The van der Waals surface area contributed by atoms with Crippen LogP contribution in [0.4, 0.5) is 0 Å². The van der Waals surface area contributed by atoms with Crippen LogP contribution in [0.25, 0.3) is 0 Å². The Morgan fingerprint density at radius 3 is 2.65 bits per heavy atom. The monoisotopic (exact) mass is 342 g/mol. The molecule has 2 N–H and O–H groups in total. The highest BCUT2D eigenvalue weighted by molar-refractivity contribution is 7.88. The molecule has 0 fully saturated rings. The van der Waals surface area contributed by atoms with Crippen molar-refractivity contribution < 1.29 is 13.2 Å². The molecule has 0 saturated carbocycles. The highest BCUT2D eigenvalue weighted by Gasteiger charge is 2.09. The fourth-order valence-electron chi connectivity index (χ4n) is 2.03. The molecule has 0 amide bonds. The van der Waals surface area contributed by atoms with Crippen molar-refractivity contribution in [3.8, 4) is 5.75 Å². The molecule has 0 aliphatic heterocycles. The van der Waals surface area contributed by atoms with Gasteiger partial charge in [-0.3, -0.25) is 4.99 Å². The molecule has 1 aromatic rings. The first-order valence-electron chi connectivity index (χ1n) is 7.43. The summed E-state index contributed by atoms with van der Waals surface area (Å²) in [6.45, 7) is 3.99. The molecule has 0 aromatic heterocycles. The summed E-state index contributed by atoms with van der Waals surface area (Å²) in [5, 5.41) is 3.20. The molecule has 0 radical (unpaired) electrons. The number of nitrogens with zero attached hydrogens (tertiary/aromatic N) is 2. The van der Waals surface area contributed by atoms with Crippen LogP contribution in [0.2, 0.25) is 0 Å². The van der Waals surface area contributed by atoms with Crippen LogP contribution >= 0.6 is 0 Å². The second-order valence-electron chi connectivity index (χ2n) is 5.07. The molecule has 0 aliphatic carbocycles. The highest BCUT2D eigenvalue weighted by atomic mass is 32.2.